The van der Waals surface area contributed by atoms with Crippen molar-refractivity contribution in [2.75, 3.05) is 33.3 Å². The zero-order valence-corrected chi connectivity index (χ0v) is 15.6. The van der Waals surface area contributed by atoms with Crippen LogP contribution in [0.15, 0.2) is 53.6 Å². The zero-order valence-electron chi connectivity index (χ0n) is 14.8. The fourth-order valence-electron chi connectivity index (χ4n) is 2.97. The highest BCUT2D eigenvalue weighted by molar-refractivity contribution is 6.30. The molecule has 1 saturated heterocycles. The Bertz CT molecular complexity index is 752. The minimum absolute atomic E-state index is 0.326. The van der Waals surface area contributed by atoms with Crippen LogP contribution >= 0.6 is 11.6 Å². The van der Waals surface area contributed by atoms with Gasteiger partial charge in [-0.05, 0) is 29.8 Å². The van der Waals surface area contributed by atoms with Gasteiger partial charge in [-0.1, -0.05) is 35.9 Å². The first-order valence-electron chi connectivity index (χ1n) is 8.69. The molecule has 136 valence electrons. The maximum atomic E-state index is 11.4. The summed E-state index contributed by atoms with van der Waals surface area (Å²) in [6.45, 7) is 4.99. The van der Waals surface area contributed by atoms with Gasteiger partial charge in [0.1, 0.15) is 6.54 Å². The summed E-state index contributed by atoms with van der Waals surface area (Å²) in [4.78, 5) is 13.0. The first kappa shape index (κ1) is 18.4. The van der Waals surface area contributed by atoms with Crippen LogP contribution in [0.4, 0.5) is 0 Å². The maximum absolute atomic E-state index is 11.4. The Morgan fingerprint density at radius 1 is 1.15 bits per heavy atom. The molecule has 26 heavy (non-hydrogen) atoms. The van der Waals surface area contributed by atoms with Crippen LogP contribution in [0.1, 0.15) is 21.5 Å². The standard InChI is InChI=1S/C20H22ClN3O2/c1-26-20(25)18-6-2-16(3-7-18)14-22-24-12-10-23(11-13-24)15-17-4-8-19(21)9-5-17/h2-9,14H,10-13,15H2,1H3/p+1. The van der Waals surface area contributed by atoms with E-state index in [9.17, 15) is 4.79 Å². The Morgan fingerprint density at radius 3 is 2.42 bits per heavy atom. The minimum Gasteiger partial charge on any atom is -0.465 e. The summed E-state index contributed by atoms with van der Waals surface area (Å²) in [5, 5.41) is 7.44. The van der Waals surface area contributed by atoms with Gasteiger partial charge in [0, 0.05) is 10.6 Å². The van der Waals surface area contributed by atoms with Gasteiger partial charge in [-0.15, -0.1) is 0 Å². The van der Waals surface area contributed by atoms with E-state index in [-0.39, 0.29) is 5.97 Å². The lowest BCUT2D eigenvalue weighted by Gasteiger charge is -2.30. The molecule has 2 aromatic carbocycles. The summed E-state index contributed by atoms with van der Waals surface area (Å²) in [6, 6.07) is 15.3. The largest absolute Gasteiger partial charge is 0.465 e. The number of rotatable bonds is 5. The summed E-state index contributed by atoms with van der Waals surface area (Å²) in [5.41, 5.74) is 2.82. The van der Waals surface area contributed by atoms with Gasteiger partial charge in [-0.3, -0.25) is 5.01 Å². The summed E-state index contributed by atoms with van der Waals surface area (Å²) in [6.07, 6.45) is 1.84. The number of methoxy groups -OCH3 is 1. The van der Waals surface area contributed by atoms with Crippen LogP contribution in [0, 0.1) is 0 Å². The molecule has 0 unspecified atom stereocenters. The number of esters is 1. The highest BCUT2D eigenvalue weighted by atomic mass is 35.5. The van der Waals surface area contributed by atoms with Gasteiger partial charge in [0.2, 0.25) is 0 Å². The number of benzene rings is 2. The van der Waals surface area contributed by atoms with E-state index in [2.05, 4.69) is 22.2 Å². The van der Waals surface area contributed by atoms with E-state index in [1.807, 2.05) is 30.5 Å². The molecule has 1 aliphatic rings. The van der Waals surface area contributed by atoms with Crippen molar-refractivity contribution in [3.63, 3.8) is 0 Å². The van der Waals surface area contributed by atoms with Crippen LogP contribution in [0.25, 0.3) is 0 Å². The van der Waals surface area contributed by atoms with E-state index < -0.39 is 0 Å². The second-order valence-corrected chi connectivity index (χ2v) is 6.80. The average Bonchev–Trinajstić information content (AvgIpc) is 2.69. The topological polar surface area (TPSA) is 46.3 Å². The van der Waals surface area contributed by atoms with Crippen LogP contribution in [0.2, 0.25) is 5.02 Å². The van der Waals surface area contributed by atoms with Crippen molar-refractivity contribution in [1.82, 2.24) is 5.01 Å². The van der Waals surface area contributed by atoms with Crippen LogP contribution in [-0.4, -0.2) is 50.5 Å². The fourth-order valence-corrected chi connectivity index (χ4v) is 3.09. The van der Waals surface area contributed by atoms with Gasteiger partial charge in [-0.25, -0.2) is 4.79 Å². The quantitative estimate of drug-likeness (QED) is 0.643. The van der Waals surface area contributed by atoms with Gasteiger partial charge in [0.05, 0.1) is 45.1 Å². The smallest absolute Gasteiger partial charge is 0.337 e. The lowest BCUT2D eigenvalue weighted by molar-refractivity contribution is -0.918. The number of quaternary nitrogens is 1. The average molecular weight is 373 g/mol. The van der Waals surface area contributed by atoms with E-state index in [0.717, 1.165) is 43.3 Å². The van der Waals surface area contributed by atoms with E-state index in [0.29, 0.717) is 5.56 Å². The molecule has 0 atom stereocenters. The molecule has 0 bridgehead atoms. The van der Waals surface area contributed by atoms with Crippen LogP contribution < -0.4 is 4.90 Å². The number of piperazine rings is 1. The molecule has 0 spiro atoms. The number of carbonyl (C=O) groups is 1. The van der Waals surface area contributed by atoms with E-state index in [1.54, 1.807) is 17.0 Å². The molecule has 0 radical (unpaired) electrons. The number of nitrogens with one attached hydrogen (secondary N) is 1. The van der Waals surface area contributed by atoms with Gasteiger partial charge in [-0.2, -0.15) is 5.10 Å². The predicted octanol–water partition coefficient (Wildman–Crippen LogP) is 1.86. The number of halogens is 1. The molecule has 1 heterocycles. The third kappa shape index (κ3) is 5.07. The lowest BCUT2D eigenvalue weighted by atomic mass is 10.1. The summed E-state index contributed by atoms with van der Waals surface area (Å²) in [7, 11) is 1.38. The number of ether oxygens (including phenoxy) is 1. The zero-order chi connectivity index (χ0) is 18.4. The highest BCUT2D eigenvalue weighted by Crippen LogP contribution is 2.09. The second-order valence-electron chi connectivity index (χ2n) is 6.37. The number of hydrogen-bond donors (Lipinski definition) is 1. The molecule has 5 nitrogen and oxygen atoms in total. The van der Waals surface area contributed by atoms with Crippen molar-refractivity contribution in [2.45, 2.75) is 6.54 Å². The first-order valence-corrected chi connectivity index (χ1v) is 9.07. The van der Waals surface area contributed by atoms with Gasteiger partial charge < -0.3 is 9.64 Å². The lowest BCUT2D eigenvalue weighted by Crippen LogP contribution is -3.13. The molecule has 6 heteroatoms. The normalized spacial score (nSPS) is 15.4. The number of hydrogen-bond acceptors (Lipinski definition) is 4. The molecule has 0 amide bonds. The predicted molar refractivity (Wildman–Crippen MR) is 103 cm³/mol. The van der Waals surface area contributed by atoms with Crippen LogP contribution in [-0.2, 0) is 11.3 Å². The van der Waals surface area contributed by atoms with E-state index >= 15 is 0 Å². The molecule has 0 aromatic heterocycles. The third-order valence-corrected chi connectivity index (χ3v) is 4.77. The van der Waals surface area contributed by atoms with E-state index in [4.69, 9.17) is 16.3 Å². The molecule has 1 aliphatic heterocycles. The third-order valence-electron chi connectivity index (χ3n) is 4.52. The molecule has 0 saturated carbocycles. The van der Waals surface area contributed by atoms with Gasteiger partial charge in [0.15, 0.2) is 0 Å². The number of nitrogens with zero attached hydrogens (tertiary/aromatic N) is 2. The Hall–Kier alpha value is -2.37. The van der Waals surface area contributed by atoms with Crippen molar-refractivity contribution in [3.8, 4) is 0 Å². The fraction of sp³-hybridized carbons (Fsp3) is 0.300. The van der Waals surface area contributed by atoms with Crippen LogP contribution in [0.3, 0.4) is 0 Å². The molecular weight excluding hydrogens is 350 g/mol. The summed E-state index contributed by atoms with van der Waals surface area (Å²) in [5.74, 6) is -0.326. The maximum Gasteiger partial charge on any atom is 0.337 e. The summed E-state index contributed by atoms with van der Waals surface area (Å²) < 4.78 is 4.70. The van der Waals surface area contributed by atoms with Gasteiger partial charge >= 0.3 is 5.97 Å². The van der Waals surface area contributed by atoms with E-state index in [1.165, 1.54) is 12.7 Å². The minimum atomic E-state index is -0.326. The molecule has 0 aliphatic carbocycles. The number of carbonyl (C=O) groups excluding carboxylic acids is 1. The first-order chi connectivity index (χ1) is 12.6. The highest BCUT2D eigenvalue weighted by Gasteiger charge is 2.18. The molecule has 2 aromatic rings. The SMILES string of the molecule is COC(=O)c1ccc(C=NN2CC[NH+](Cc3ccc(Cl)cc3)CC2)cc1. The number of hydrazone groups is 1. The Morgan fingerprint density at radius 2 is 1.81 bits per heavy atom. The molecular formula is C20H23ClN3O2+. The van der Waals surface area contributed by atoms with Crippen molar-refractivity contribution < 1.29 is 14.4 Å². The Kier molecular flexibility index (Phi) is 6.26. The summed E-state index contributed by atoms with van der Waals surface area (Å²) >= 11 is 5.94. The van der Waals surface area contributed by atoms with Crippen molar-refractivity contribution >= 4 is 23.8 Å². The van der Waals surface area contributed by atoms with Crippen molar-refractivity contribution in [2.24, 2.45) is 5.10 Å². The van der Waals surface area contributed by atoms with Gasteiger partial charge in [0.25, 0.3) is 0 Å². The second kappa shape index (κ2) is 8.83. The Labute approximate surface area is 158 Å². The molecule has 1 N–H and O–H groups in total. The van der Waals surface area contributed by atoms with Crippen molar-refractivity contribution in [1.29, 1.82) is 0 Å². The monoisotopic (exact) mass is 372 g/mol. The Balaban J connectivity index is 1.48. The molecule has 1 fully saturated rings. The molecule has 3 rings (SSSR count). The van der Waals surface area contributed by atoms with Crippen LogP contribution in [0.5, 0.6) is 0 Å². The van der Waals surface area contributed by atoms with Crippen molar-refractivity contribution in [3.05, 3.63) is 70.2 Å².